The fourth-order valence-corrected chi connectivity index (χ4v) is 5.12. The van der Waals surface area contributed by atoms with Crippen molar-refractivity contribution in [1.82, 2.24) is 14.6 Å². The Balaban J connectivity index is 1.67. The number of nitrogens with zero attached hydrogens (tertiary/aromatic N) is 2. The smallest absolute Gasteiger partial charge is 0.243 e. The summed E-state index contributed by atoms with van der Waals surface area (Å²) in [5.41, 5.74) is 0.942. The van der Waals surface area contributed by atoms with Gasteiger partial charge in [0.05, 0.1) is 22.4 Å². The van der Waals surface area contributed by atoms with E-state index in [1.807, 2.05) is 19.1 Å². The van der Waals surface area contributed by atoms with E-state index in [9.17, 15) is 13.2 Å². The molecule has 156 valence electrons. The highest BCUT2D eigenvalue weighted by atomic mass is 35.5. The first-order chi connectivity index (χ1) is 13.9. The average Bonchev–Trinajstić information content (AvgIpc) is 2.74. The van der Waals surface area contributed by atoms with Gasteiger partial charge in [0.1, 0.15) is 5.75 Å². The molecule has 0 bridgehead atoms. The van der Waals surface area contributed by atoms with Gasteiger partial charge in [-0.05, 0) is 55.7 Å². The van der Waals surface area contributed by atoms with E-state index in [1.54, 1.807) is 18.5 Å². The van der Waals surface area contributed by atoms with Gasteiger partial charge in [0, 0.05) is 32.0 Å². The minimum absolute atomic E-state index is 0.101. The number of sulfonamides is 1. The maximum atomic E-state index is 13.0. The number of piperidine rings is 1. The molecule has 1 aromatic carbocycles. The fraction of sp³-hybridized carbons (Fsp3) is 0.400. The number of hydrogen-bond acceptors (Lipinski definition) is 5. The van der Waals surface area contributed by atoms with Gasteiger partial charge < -0.3 is 10.1 Å². The van der Waals surface area contributed by atoms with Crippen molar-refractivity contribution < 1.29 is 17.9 Å². The Bertz CT molecular complexity index is 953. The zero-order valence-corrected chi connectivity index (χ0v) is 17.7. The number of carbonyl (C=O) groups is 1. The van der Waals surface area contributed by atoms with Gasteiger partial charge in [-0.1, -0.05) is 11.6 Å². The molecule has 0 saturated carbocycles. The minimum atomic E-state index is -3.74. The third-order valence-electron chi connectivity index (χ3n) is 4.81. The second kappa shape index (κ2) is 9.56. The van der Waals surface area contributed by atoms with Crippen molar-refractivity contribution in [3.8, 4) is 5.75 Å². The lowest BCUT2D eigenvalue weighted by Crippen LogP contribution is -2.45. The highest BCUT2D eigenvalue weighted by Crippen LogP contribution is 2.30. The molecule has 1 aliphatic rings. The molecule has 0 spiro atoms. The van der Waals surface area contributed by atoms with Crippen LogP contribution in [0.2, 0.25) is 5.02 Å². The number of nitrogens with one attached hydrogen (secondary N) is 1. The number of aromatic nitrogens is 1. The largest absolute Gasteiger partial charge is 0.492 e. The number of rotatable bonds is 7. The van der Waals surface area contributed by atoms with Crippen LogP contribution in [0.15, 0.2) is 47.6 Å². The highest BCUT2D eigenvalue weighted by molar-refractivity contribution is 7.89. The Labute approximate surface area is 176 Å². The Morgan fingerprint density at radius 1 is 1.31 bits per heavy atom. The van der Waals surface area contributed by atoms with E-state index in [1.165, 1.54) is 16.4 Å². The standard InChI is InChI=1S/C20H24ClN3O4S/c1-2-28-19-6-5-17(12-18(19)21)29(26,27)24-11-3-4-16(14-24)20(25)23-13-15-7-9-22-10-8-15/h5-10,12,16H,2-4,11,13-14H2,1H3,(H,23,25)/t16-/m1/s1. The van der Waals surface area contributed by atoms with Crippen LogP contribution in [0.4, 0.5) is 0 Å². The van der Waals surface area contributed by atoms with Crippen LogP contribution in [0.5, 0.6) is 5.75 Å². The average molecular weight is 438 g/mol. The molecule has 1 fully saturated rings. The van der Waals surface area contributed by atoms with E-state index in [4.69, 9.17) is 16.3 Å². The van der Waals surface area contributed by atoms with Crippen LogP contribution >= 0.6 is 11.6 Å². The first-order valence-electron chi connectivity index (χ1n) is 9.51. The number of hydrogen-bond donors (Lipinski definition) is 1. The fourth-order valence-electron chi connectivity index (χ4n) is 3.27. The quantitative estimate of drug-likeness (QED) is 0.719. The van der Waals surface area contributed by atoms with Crippen LogP contribution in [0, 0.1) is 5.92 Å². The summed E-state index contributed by atoms with van der Waals surface area (Å²) in [6.45, 7) is 3.18. The molecule has 3 rings (SSSR count). The molecule has 1 saturated heterocycles. The summed E-state index contributed by atoms with van der Waals surface area (Å²) in [4.78, 5) is 16.6. The van der Waals surface area contributed by atoms with Gasteiger partial charge >= 0.3 is 0 Å². The summed E-state index contributed by atoms with van der Waals surface area (Å²) in [7, 11) is -3.74. The Morgan fingerprint density at radius 2 is 2.07 bits per heavy atom. The first-order valence-corrected chi connectivity index (χ1v) is 11.3. The maximum Gasteiger partial charge on any atom is 0.243 e. The predicted molar refractivity (Wildman–Crippen MR) is 110 cm³/mol. The zero-order valence-electron chi connectivity index (χ0n) is 16.2. The topological polar surface area (TPSA) is 88.6 Å². The normalized spacial score (nSPS) is 17.7. The maximum absolute atomic E-state index is 13.0. The van der Waals surface area contributed by atoms with Gasteiger partial charge in [0.2, 0.25) is 15.9 Å². The summed E-state index contributed by atoms with van der Waals surface area (Å²) < 4.78 is 32.8. The minimum Gasteiger partial charge on any atom is -0.492 e. The van der Waals surface area contributed by atoms with Gasteiger partial charge in [-0.25, -0.2) is 8.42 Å². The summed E-state index contributed by atoms with van der Waals surface area (Å²) in [6.07, 6.45) is 4.60. The third-order valence-corrected chi connectivity index (χ3v) is 6.97. The lowest BCUT2D eigenvalue weighted by Gasteiger charge is -2.31. The number of halogens is 1. The molecule has 1 aromatic heterocycles. The SMILES string of the molecule is CCOc1ccc(S(=O)(=O)N2CCC[C@@H](C(=O)NCc3ccncc3)C2)cc1Cl. The molecule has 7 nitrogen and oxygen atoms in total. The zero-order chi connectivity index (χ0) is 20.9. The molecular weight excluding hydrogens is 414 g/mol. The van der Waals surface area contributed by atoms with Crippen molar-refractivity contribution in [3.05, 3.63) is 53.3 Å². The van der Waals surface area contributed by atoms with Gasteiger partial charge in [0.15, 0.2) is 0 Å². The number of pyridine rings is 1. The monoisotopic (exact) mass is 437 g/mol. The van der Waals surface area contributed by atoms with Crippen molar-refractivity contribution in [2.75, 3.05) is 19.7 Å². The molecule has 1 atom stereocenters. The predicted octanol–water partition coefficient (Wildman–Crippen LogP) is 2.85. The lowest BCUT2D eigenvalue weighted by molar-refractivity contribution is -0.126. The van der Waals surface area contributed by atoms with Gasteiger partial charge in [-0.15, -0.1) is 0 Å². The van der Waals surface area contributed by atoms with Crippen molar-refractivity contribution in [1.29, 1.82) is 0 Å². The molecule has 1 N–H and O–H groups in total. The molecule has 1 amide bonds. The Morgan fingerprint density at radius 3 is 2.76 bits per heavy atom. The van der Waals surface area contributed by atoms with Gasteiger partial charge in [0.25, 0.3) is 0 Å². The summed E-state index contributed by atoms with van der Waals surface area (Å²) in [6, 6.07) is 8.09. The second-order valence-electron chi connectivity index (χ2n) is 6.80. The summed E-state index contributed by atoms with van der Waals surface area (Å²) in [5.74, 6) is -0.0925. The molecule has 2 aromatic rings. The molecular formula is C20H24ClN3O4S. The van der Waals surface area contributed by atoms with Crippen LogP contribution in [-0.2, 0) is 21.4 Å². The molecule has 0 unspecified atom stereocenters. The second-order valence-corrected chi connectivity index (χ2v) is 9.15. The number of carbonyl (C=O) groups excluding carboxylic acids is 1. The number of benzene rings is 1. The summed E-state index contributed by atoms with van der Waals surface area (Å²) >= 11 is 6.16. The lowest BCUT2D eigenvalue weighted by atomic mass is 9.99. The third kappa shape index (κ3) is 5.26. The van der Waals surface area contributed by atoms with Crippen LogP contribution in [0.3, 0.4) is 0 Å². The number of amides is 1. The van der Waals surface area contributed by atoms with Crippen LogP contribution < -0.4 is 10.1 Å². The molecule has 0 radical (unpaired) electrons. The van der Waals surface area contributed by atoms with Gasteiger partial charge in [-0.3, -0.25) is 9.78 Å². The van der Waals surface area contributed by atoms with E-state index in [-0.39, 0.29) is 22.4 Å². The number of ether oxygens (including phenoxy) is 1. The van der Waals surface area contributed by atoms with E-state index in [2.05, 4.69) is 10.3 Å². The van der Waals surface area contributed by atoms with Crippen molar-refractivity contribution in [3.63, 3.8) is 0 Å². The Kier molecular flexibility index (Phi) is 7.10. The summed E-state index contributed by atoms with van der Waals surface area (Å²) in [5, 5.41) is 3.13. The van der Waals surface area contributed by atoms with E-state index >= 15 is 0 Å². The van der Waals surface area contributed by atoms with Crippen LogP contribution in [-0.4, -0.2) is 43.3 Å². The molecule has 9 heteroatoms. The van der Waals surface area contributed by atoms with E-state index < -0.39 is 15.9 Å². The van der Waals surface area contributed by atoms with Crippen molar-refractivity contribution in [2.24, 2.45) is 5.92 Å². The van der Waals surface area contributed by atoms with E-state index in [0.29, 0.717) is 38.3 Å². The molecule has 2 heterocycles. The highest BCUT2D eigenvalue weighted by Gasteiger charge is 2.33. The van der Waals surface area contributed by atoms with Crippen molar-refractivity contribution >= 4 is 27.5 Å². The van der Waals surface area contributed by atoms with Crippen LogP contribution in [0.25, 0.3) is 0 Å². The van der Waals surface area contributed by atoms with Crippen molar-refractivity contribution in [2.45, 2.75) is 31.2 Å². The molecule has 29 heavy (non-hydrogen) atoms. The van der Waals surface area contributed by atoms with E-state index in [0.717, 1.165) is 5.56 Å². The Hall–Kier alpha value is -2.16. The van der Waals surface area contributed by atoms with Crippen LogP contribution in [0.1, 0.15) is 25.3 Å². The van der Waals surface area contributed by atoms with Gasteiger partial charge in [-0.2, -0.15) is 4.31 Å². The molecule has 0 aliphatic carbocycles. The molecule has 1 aliphatic heterocycles. The first kappa shape index (κ1) is 21.5.